The van der Waals surface area contributed by atoms with Gasteiger partial charge in [0.2, 0.25) is 0 Å². The number of likely N-dealkylation sites (tertiary alicyclic amines) is 2. The predicted molar refractivity (Wildman–Crippen MR) is 111 cm³/mol. The van der Waals surface area contributed by atoms with Gasteiger partial charge in [0.1, 0.15) is 5.60 Å². The van der Waals surface area contributed by atoms with E-state index < -0.39 is 11.2 Å². The van der Waals surface area contributed by atoms with E-state index in [1.54, 1.807) is 0 Å². The lowest BCUT2D eigenvalue weighted by Crippen LogP contribution is -2.59. The van der Waals surface area contributed by atoms with Crippen molar-refractivity contribution < 1.29 is 14.6 Å². The van der Waals surface area contributed by atoms with E-state index in [1.807, 2.05) is 39.5 Å². The van der Waals surface area contributed by atoms with E-state index in [9.17, 15) is 9.90 Å². The van der Waals surface area contributed by atoms with Crippen LogP contribution in [0.4, 0.5) is 4.79 Å². The van der Waals surface area contributed by atoms with Crippen molar-refractivity contribution in [1.82, 2.24) is 15.1 Å². The summed E-state index contributed by atoms with van der Waals surface area (Å²) in [6, 6.07) is 0.559. The molecule has 1 amide bonds. The normalized spacial score (nSPS) is 26.5. The van der Waals surface area contributed by atoms with Gasteiger partial charge in [-0.3, -0.25) is 0 Å². The number of rotatable bonds is 5. The second-order valence-electron chi connectivity index (χ2n) is 11.2. The smallest absolute Gasteiger partial charge is 0.410 e. The SMILES string of the molecule is CC(C)(O)CNC1CCC2(CC1)CN(C[C@@H]1CCN(C(=O)OC(C)(C)C)C1)C2. The van der Waals surface area contributed by atoms with E-state index in [2.05, 4.69) is 10.2 Å². The Bertz CT molecular complexity index is 536. The average Bonchev–Trinajstić information content (AvgIpc) is 2.99. The van der Waals surface area contributed by atoms with E-state index in [-0.39, 0.29) is 6.09 Å². The van der Waals surface area contributed by atoms with Crippen LogP contribution < -0.4 is 5.32 Å². The molecule has 6 heteroatoms. The molecule has 0 bridgehead atoms. The molecule has 0 aromatic heterocycles. The summed E-state index contributed by atoms with van der Waals surface area (Å²) in [5.41, 5.74) is -0.521. The van der Waals surface area contributed by atoms with Crippen LogP contribution in [0.25, 0.3) is 0 Å². The van der Waals surface area contributed by atoms with Crippen molar-refractivity contribution >= 4 is 6.09 Å². The summed E-state index contributed by atoms with van der Waals surface area (Å²) in [5.74, 6) is 0.578. The van der Waals surface area contributed by atoms with E-state index in [0.717, 1.165) is 26.1 Å². The van der Waals surface area contributed by atoms with Crippen LogP contribution >= 0.6 is 0 Å². The highest BCUT2D eigenvalue weighted by molar-refractivity contribution is 5.68. The number of nitrogens with zero attached hydrogens (tertiary/aromatic N) is 2. The van der Waals surface area contributed by atoms with E-state index in [0.29, 0.717) is 23.9 Å². The zero-order valence-corrected chi connectivity index (χ0v) is 18.6. The second-order valence-corrected chi connectivity index (χ2v) is 11.2. The maximum atomic E-state index is 12.2. The molecule has 0 aromatic rings. The second kappa shape index (κ2) is 8.11. The van der Waals surface area contributed by atoms with Crippen LogP contribution in [0.5, 0.6) is 0 Å². The largest absolute Gasteiger partial charge is 0.444 e. The molecule has 1 spiro atoms. The fourth-order valence-corrected chi connectivity index (χ4v) is 5.02. The van der Waals surface area contributed by atoms with Gasteiger partial charge in [-0.2, -0.15) is 0 Å². The summed E-state index contributed by atoms with van der Waals surface area (Å²) in [6.45, 7) is 15.4. The first-order chi connectivity index (χ1) is 12.9. The number of carbonyl (C=O) groups excluding carboxylic acids is 1. The minimum Gasteiger partial charge on any atom is -0.444 e. The van der Waals surface area contributed by atoms with Crippen molar-refractivity contribution in [2.45, 2.75) is 84.0 Å². The average molecular weight is 396 g/mol. The molecule has 2 N–H and O–H groups in total. The number of hydrogen-bond acceptors (Lipinski definition) is 5. The molecule has 2 saturated heterocycles. The van der Waals surface area contributed by atoms with Gasteiger partial charge >= 0.3 is 6.09 Å². The van der Waals surface area contributed by atoms with Gasteiger partial charge in [-0.25, -0.2) is 4.79 Å². The first-order valence-corrected chi connectivity index (χ1v) is 11.1. The first kappa shape index (κ1) is 21.8. The Labute approximate surface area is 171 Å². The number of nitrogens with one attached hydrogen (secondary N) is 1. The van der Waals surface area contributed by atoms with Crippen molar-refractivity contribution in [3.63, 3.8) is 0 Å². The number of hydrogen-bond donors (Lipinski definition) is 2. The van der Waals surface area contributed by atoms with Crippen LogP contribution in [0.1, 0.15) is 66.7 Å². The van der Waals surface area contributed by atoms with Gasteiger partial charge in [0.05, 0.1) is 5.60 Å². The van der Waals surface area contributed by atoms with Gasteiger partial charge in [0.25, 0.3) is 0 Å². The van der Waals surface area contributed by atoms with E-state index >= 15 is 0 Å². The number of ether oxygens (including phenoxy) is 1. The molecule has 2 aliphatic heterocycles. The van der Waals surface area contributed by atoms with Crippen LogP contribution in [0.3, 0.4) is 0 Å². The number of carbonyl (C=O) groups is 1. The standard InChI is InChI=1S/C22H41N3O3/c1-20(2,3)28-19(26)25-11-8-17(13-25)12-24-15-22(16-24)9-6-18(7-10-22)23-14-21(4,5)27/h17-18,23,27H,6-16H2,1-5H3/t17-/m0/s1. The molecule has 1 atom stereocenters. The lowest BCUT2D eigenvalue weighted by Gasteiger charge is -2.54. The zero-order valence-electron chi connectivity index (χ0n) is 18.6. The molecule has 3 fully saturated rings. The van der Waals surface area contributed by atoms with Crippen molar-refractivity contribution in [2.24, 2.45) is 11.3 Å². The summed E-state index contributed by atoms with van der Waals surface area (Å²) < 4.78 is 5.51. The molecule has 28 heavy (non-hydrogen) atoms. The summed E-state index contributed by atoms with van der Waals surface area (Å²) >= 11 is 0. The third kappa shape index (κ3) is 6.07. The molecular weight excluding hydrogens is 354 g/mol. The predicted octanol–water partition coefficient (Wildman–Crippen LogP) is 2.85. The fraction of sp³-hybridized carbons (Fsp3) is 0.955. The topological polar surface area (TPSA) is 65.0 Å². The third-order valence-electron chi connectivity index (χ3n) is 6.44. The maximum Gasteiger partial charge on any atom is 0.410 e. The molecule has 0 radical (unpaired) electrons. The zero-order chi connectivity index (χ0) is 20.6. The van der Waals surface area contributed by atoms with Gasteiger partial charge in [-0.15, -0.1) is 0 Å². The molecular formula is C22H41N3O3. The van der Waals surface area contributed by atoms with Crippen LogP contribution in [0.2, 0.25) is 0 Å². The van der Waals surface area contributed by atoms with Gasteiger partial charge < -0.3 is 25.0 Å². The Kier molecular flexibility index (Phi) is 6.33. The van der Waals surface area contributed by atoms with Crippen molar-refractivity contribution in [2.75, 3.05) is 39.3 Å². The molecule has 3 aliphatic rings. The van der Waals surface area contributed by atoms with Gasteiger partial charge in [0, 0.05) is 45.3 Å². The molecule has 6 nitrogen and oxygen atoms in total. The number of aliphatic hydroxyl groups is 1. The minimum absolute atomic E-state index is 0.160. The first-order valence-electron chi connectivity index (χ1n) is 11.1. The molecule has 2 heterocycles. The Hall–Kier alpha value is -0.850. The highest BCUT2D eigenvalue weighted by atomic mass is 16.6. The van der Waals surface area contributed by atoms with Crippen LogP contribution in [-0.4, -0.2) is 77.5 Å². The van der Waals surface area contributed by atoms with Crippen LogP contribution in [-0.2, 0) is 4.74 Å². The highest BCUT2D eigenvalue weighted by Crippen LogP contribution is 2.44. The Morgan fingerprint density at radius 3 is 2.36 bits per heavy atom. The van der Waals surface area contributed by atoms with Crippen molar-refractivity contribution in [1.29, 1.82) is 0 Å². The molecule has 1 aliphatic carbocycles. The van der Waals surface area contributed by atoms with Gasteiger partial charge in [0.15, 0.2) is 0 Å². The van der Waals surface area contributed by atoms with Gasteiger partial charge in [-0.05, 0) is 78.1 Å². The van der Waals surface area contributed by atoms with Gasteiger partial charge in [-0.1, -0.05) is 0 Å². The lowest BCUT2D eigenvalue weighted by atomic mass is 9.67. The maximum absolute atomic E-state index is 12.2. The molecule has 3 rings (SSSR count). The molecule has 1 saturated carbocycles. The van der Waals surface area contributed by atoms with Crippen molar-refractivity contribution in [3.8, 4) is 0 Å². The van der Waals surface area contributed by atoms with E-state index in [1.165, 1.54) is 38.8 Å². The third-order valence-corrected chi connectivity index (χ3v) is 6.44. The highest BCUT2D eigenvalue weighted by Gasteiger charge is 2.45. The van der Waals surface area contributed by atoms with Crippen molar-refractivity contribution in [3.05, 3.63) is 0 Å². The summed E-state index contributed by atoms with van der Waals surface area (Å²) in [5, 5.41) is 13.4. The Morgan fingerprint density at radius 2 is 1.79 bits per heavy atom. The van der Waals surface area contributed by atoms with Crippen LogP contribution in [0, 0.1) is 11.3 Å². The minimum atomic E-state index is -0.628. The Morgan fingerprint density at radius 1 is 1.14 bits per heavy atom. The Balaban J connectivity index is 1.34. The molecule has 0 aromatic carbocycles. The summed E-state index contributed by atoms with van der Waals surface area (Å²) in [6.07, 6.45) is 5.96. The molecule has 162 valence electrons. The van der Waals surface area contributed by atoms with Crippen LogP contribution in [0.15, 0.2) is 0 Å². The summed E-state index contributed by atoms with van der Waals surface area (Å²) in [7, 11) is 0. The fourth-order valence-electron chi connectivity index (χ4n) is 5.02. The van der Waals surface area contributed by atoms with E-state index in [4.69, 9.17) is 4.74 Å². The summed E-state index contributed by atoms with van der Waals surface area (Å²) in [4.78, 5) is 16.7. The molecule has 0 unspecified atom stereocenters. The number of amides is 1. The quantitative estimate of drug-likeness (QED) is 0.749. The lowest BCUT2D eigenvalue weighted by molar-refractivity contribution is -0.0421. The monoisotopic (exact) mass is 395 g/mol.